The van der Waals surface area contributed by atoms with Crippen LogP contribution in [-0.4, -0.2) is 12.5 Å². The van der Waals surface area contributed by atoms with Gasteiger partial charge in [0.1, 0.15) is 0 Å². The van der Waals surface area contributed by atoms with Crippen molar-refractivity contribution in [1.82, 2.24) is 0 Å². The number of alkyl halides is 3. The van der Waals surface area contributed by atoms with Crippen molar-refractivity contribution in [2.24, 2.45) is 29.6 Å². The van der Waals surface area contributed by atoms with Crippen molar-refractivity contribution in [1.29, 1.82) is 0 Å². The van der Waals surface area contributed by atoms with Crippen LogP contribution in [0.3, 0.4) is 0 Å². The summed E-state index contributed by atoms with van der Waals surface area (Å²) < 4.78 is 41.2. The Labute approximate surface area is 151 Å². The van der Waals surface area contributed by atoms with Crippen LogP contribution in [0.2, 0.25) is 0 Å². The van der Waals surface area contributed by atoms with E-state index in [9.17, 15) is 13.2 Å². The van der Waals surface area contributed by atoms with Crippen LogP contribution < -0.4 is 0 Å². The molecule has 0 saturated heterocycles. The van der Waals surface area contributed by atoms with Crippen LogP contribution in [0.15, 0.2) is 0 Å². The van der Waals surface area contributed by atoms with Gasteiger partial charge in [-0.15, -0.1) is 13.2 Å². The molecular weight excluding hydrogens is 325 g/mol. The number of rotatable bonds is 5. The third kappa shape index (κ3) is 5.61. The molecule has 0 aromatic heterocycles. The van der Waals surface area contributed by atoms with Gasteiger partial charge in [-0.3, -0.25) is 4.74 Å². The van der Waals surface area contributed by atoms with Crippen molar-refractivity contribution in [2.75, 3.05) is 0 Å². The van der Waals surface area contributed by atoms with Crippen LogP contribution >= 0.6 is 0 Å². The molecule has 0 radical (unpaired) electrons. The molecule has 4 heteroatoms. The summed E-state index contributed by atoms with van der Waals surface area (Å²) in [5.41, 5.74) is 0. The Kier molecular flexibility index (Phi) is 6.73. The lowest BCUT2D eigenvalue weighted by atomic mass is 9.68. The molecule has 146 valence electrons. The topological polar surface area (TPSA) is 9.23 Å². The van der Waals surface area contributed by atoms with Gasteiger partial charge >= 0.3 is 6.36 Å². The number of hydrogen-bond donors (Lipinski definition) is 0. The second-order valence-corrected chi connectivity index (χ2v) is 9.00. The summed E-state index contributed by atoms with van der Waals surface area (Å²) in [6.45, 7) is 2.30. The summed E-state index contributed by atoms with van der Waals surface area (Å²) in [6, 6.07) is 0. The molecule has 2 atom stereocenters. The van der Waals surface area contributed by atoms with E-state index < -0.39 is 12.5 Å². The first-order valence-corrected chi connectivity index (χ1v) is 10.7. The van der Waals surface area contributed by atoms with E-state index in [0.717, 1.165) is 36.5 Å². The van der Waals surface area contributed by atoms with Gasteiger partial charge in [-0.25, -0.2) is 0 Å². The number of ether oxygens (including phenoxy) is 1. The molecule has 0 N–H and O–H groups in total. The van der Waals surface area contributed by atoms with Crippen molar-refractivity contribution < 1.29 is 17.9 Å². The van der Waals surface area contributed by atoms with Gasteiger partial charge in [-0.2, -0.15) is 0 Å². The molecule has 3 fully saturated rings. The quantitative estimate of drug-likeness (QED) is 0.508. The van der Waals surface area contributed by atoms with Gasteiger partial charge in [0.2, 0.25) is 0 Å². The fourth-order valence-electron chi connectivity index (χ4n) is 6.17. The maximum atomic E-state index is 12.3. The van der Waals surface area contributed by atoms with Crippen LogP contribution in [-0.2, 0) is 4.74 Å². The Morgan fingerprint density at radius 2 is 1.20 bits per heavy atom. The lowest BCUT2D eigenvalue weighted by molar-refractivity contribution is -0.346. The minimum absolute atomic E-state index is 0.589. The van der Waals surface area contributed by atoms with E-state index in [2.05, 4.69) is 11.7 Å². The SMILES string of the molecule is CCCC1CCC(C2CCC(C3CCC(OC(F)(F)F)CC3)CC2)C1. The fourth-order valence-corrected chi connectivity index (χ4v) is 6.17. The van der Waals surface area contributed by atoms with Crippen LogP contribution in [0.4, 0.5) is 13.2 Å². The van der Waals surface area contributed by atoms with Gasteiger partial charge in [-0.05, 0) is 93.8 Å². The first-order chi connectivity index (χ1) is 11.9. The van der Waals surface area contributed by atoms with Crippen molar-refractivity contribution in [2.45, 2.75) is 103 Å². The fraction of sp³-hybridized carbons (Fsp3) is 1.00. The monoisotopic (exact) mass is 360 g/mol. The summed E-state index contributed by atoms with van der Waals surface area (Å²) in [5, 5.41) is 0. The summed E-state index contributed by atoms with van der Waals surface area (Å²) >= 11 is 0. The molecule has 25 heavy (non-hydrogen) atoms. The molecule has 0 aromatic rings. The van der Waals surface area contributed by atoms with E-state index in [1.54, 1.807) is 0 Å². The normalized spacial score (nSPS) is 40.3. The molecule has 0 amide bonds. The second kappa shape index (κ2) is 8.63. The lowest BCUT2D eigenvalue weighted by Gasteiger charge is -2.39. The van der Waals surface area contributed by atoms with Crippen molar-refractivity contribution in [3.8, 4) is 0 Å². The molecule has 0 bridgehead atoms. The molecule has 3 aliphatic carbocycles. The highest BCUT2D eigenvalue weighted by Crippen LogP contribution is 2.47. The first-order valence-electron chi connectivity index (χ1n) is 10.7. The summed E-state index contributed by atoms with van der Waals surface area (Å²) in [4.78, 5) is 0. The molecule has 3 rings (SSSR count). The van der Waals surface area contributed by atoms with Crippen molar-refractivity contribution in [3.63, 3.8) is 0 Å². The Balaban J connectivity index is 1.37. The summed E-state index contributed by atoms with van der Waals surface area (Å²) in [7, 11) is 0. The van der Waals surface area contributed by atoms with E-state index in [1.165, 1.54) is 57.8 Å². The smallest absolute Gasteiger partial charge is 0.289 e. The highest BCUT2D eigenvalue weighted by Gasteiger charge is 2.38. The zero-order chi connectivity index (χ0) is 17.9. The number of hydrogen-bond acceptors (Lipinski definition) is 1. The van der Waals surface area contributed by atoms with E-state index in [1.807, 2.05) is 0 Å². The summed E-state index contributed by atoms with van der Waals surface area (Å²) in [6.07, 6.45) is 10.4. The molecule has 2 unspecified atom stereocenters. The Bertz CT molecular complexity index is 392. The van der Waals surface area contributed by atoms with Gasteiger partial charge in [0.25, 0.3) is 0 Å². The average molecular weight is 361 g/mol. The third-order valence-electron chi connectivity index (χ3n) is 7.45. The molecule has 0 aromatic carbocycles. The maximum Gasteiger partial charge on any atom is 0.522 e. The highest BCUT2D eigenvalue weighted by atomic mass is 19.4. The Morgan fingerprint density at radius 1 is 0.720 bits per heavy atom. The zero-order valence-corrected chi connectivity index (χ0v) is 15.7. The van der Waals surface area contributed by atoms with E-state index in [0.29, 0.717) is 18.8 Å². The van der Waals surface area contributed by atoms with Crippen LogP contribution in [0.25, 0.3) is 0 Å². The van der Waals surface area contributed by atoms with Crippen LogP contribution in [0, 0.1) is 29.6 Å². The molecule has 0 heterocycles. The average Bonchev–Trinajstić information content (AvgIpc) is 3.03. The van der Waals surface area contributed by atoms with E-state index >= 15 is 0 Å². The molecule has 0 spiro atoms. The predicted molar refractivity (Wildman–Crippen MR) is 94.1 cm³/mol. The highest BCUT2D eigenvalue weighted by molar-refractivity contribution is 4.87. The minimum atomic E-state index is -4.47. The van der Waals surface area contributed by atoms with Gasteiger partial charge in [-0.1, -0.05) is 26.2 Å². The Morgan fingerprint density at radius 3 is 1.72 bits per heavy atom. The van der Waals surface area contributed by atoms with Crippen molar-refractivity contribution >= 4 is 0 Å². The molecule has 3 saturated carbocycles. The minimum Gasteiger partial charge on any atom is -0.289 e. The van der Waals surface area contributed by atoms with Gasteiger partial charge < -0.3 is 0 Å². The standard InChI is InChI=1S/C21H35F3O/c1-2-3-15-4-5-19(14-15)18-8-6-16(7-9-18)17-10-12-20(13-11-17)25-21(22,23)24/h15-20H,2-14H2,1H3. The molecule has 1 nitrogen and oxygen atoms in total. The Hall–Kier alpha value is -0.250. The van der Waals surface area contributed by atoms with E-state index in [-0.39, 0.29) is 0 Å². The molecule has 0 aliphatic heterocycles. The summed E-state index contributed by atoms with van der Waals surface area (Å²) in [5.74, 6) is 4.29. The second-order valence-electron chi connectivity index (χ2n) is 9.00. The van der Waals surface area contributed by atoms with Crippen LogP contribution in [0.1, 0.15) is 90.4 Å². The number of halogens is 3. The predicted octanol–water partition coefficient (Wildman–Crippen LogP) is 7.10. The van der Waals surface area contributed by atoms with Gasteiger partial charge in [0.05, 0.1) is 6.10 Å². The largest absolute Gasteiger partial charge is 0.522 e. The van der Waals surface area contributed by atoms with E-state index in [4.69, 9.17) is 0 Å². The zero-order valence-electron chi connectivity index (χ0n) is 15.7. The lowest BCUT2D eigenvalue weighted by Crippen LogP contribution is -2.32. The van der Waals surface area contributed by atoms with Gasteiger partial charge in [0.15, 0.2) is 0 Å². The van der Waals surface area contributed by atoms with Crippen LogP contribution in [0.5, 0.6) is 0 Å². The third-order valence-corrected chi connectivity index (χ3v) is 7.45. The molecule has 3 aliphatic rings. The van der Waals surface area contributed by atoms with Gasteiger partial charge in [0, 0.05) is 0 Å². The maximum absolute atomic E-state index is 12.3. The first kappa shape index (κ1) is 19.5. The van der Waals surface area contributed by atoms with Crippen molar-refractivity contribution in [3.05, 3.63) is 0 Å². The molecular formula is C21H35F3O.